The van der Waals surface area contributed by atoms with Crippen LogP contribution in [0.3, 0.4) is 0 Å². The summed E-state index contributed by atoms with van der Waals surface area (Å²) < 4.78 is -1.31. The van der Waals surface area contributed by atoms with E-state index in [1.807, 2.05) is 0 Å². The van der Waals surface area contributed by atoms with E-state index >= 15 is 0 Å². The van der Waals surface area contributed by atoms with Gasteiger partial charge in [0, 0.05) is 47.1 Å². The van der Waals surface area contributed by atoms with Gasteiger partial charge in [0.2, 0.25) is 11.8 Å². The van der Waals surface area contributed by atoms with Gasteiger partial charge < -0.3 is 10.6 Å². The molecule has 1 fully saturated rings. The molecule has 32 heavy (non-hydrogen) atoms. The summed E-state index contributed by atoms with van der Waals surface area (Å²) in [5.41, 5.74) is 1.34. The van der Waals surface area contributed by atoms with Crippen molar-refractivity contribution in [2.75, 3.05) is 11.9 Å². The number of amides is 2. The van der Waals surface area contributed by atoms with Crippen molar-refractivity contribution in [1.82, 2.24) is 5.32 Å². The number of Topliss-reactive ketones (excluding diaryl/α,β-unsaturated/α-hetero) is 1. The van der Waals surface area contributed by atoms with Crippen LogP contribution < -0.4 is 10.6 Å². The van der Waals surface area contributed by atoms with Gasteiger partial charge in [0.1, 0.15) is 4.33 Å². The third-order valence-electron chi connectivity index (χ3n) is 5.07. The van der Waals surface area contributed by atoms with E-state index in [0.29, 0.717) is 34.3 Å². The number of ketones is 1. The Balaban J connectivity index is 1.69. The van der Waals surface area contributed by atoms with E-state index < -0.39 is 22.1 Å². The molecule has 0 aromatic heterocycles. The van der Waals surface area contributed by atoms with E-state index in [2.05, 4.69) is 10.6 Å². The molecule has 0 heterocycles. The molecule has 0 bridgehead atoms. The fourth-order valence-corrected chi connectivity index (χ4v) is 5.10. The predicted molar refractivity (Wildman–Crippen MR) is 129 cm³/mol. The quantitative estimate of drug-likeness (QED) is 0.237. The fourth-order valence-electron chi connectivity index (χ4n) is 3.51. The molecule has 1 saturated carbocycles. The SMILES string of the molecule is CC(=O)NCCCC(=O)c1cc(NC(=O)C2C(c3cc(Cl)cc(Cl)c3)C2(Cl)Cl)ccc1Cl. The molecule has 0 radical (unpaired) electrons. The monoisotopic (exact) mass is 534 g/mol. The highest BCUT2D eigenvalue weighted by Crippen LogP contribution is 2.65. The molecule has 2 unspecified atom stereocenters. The first-order valence-corrected chi connectivity index (χ1v) is 11.6. The molecule has 2 aromatic carbocycles. The van der Waals surface area contributed by atoms with Crippen molar-refractivity contribution in [1.29, 1.82) is 0 Å². The molecule has 2 amide bonds. The molecule has 2 atom stereocenters. The Morgan fingerprint density at radius 1 is 1.00 bits per heavy atom. The van der Waals surface area contributed by atoms with E-state index in [-0.39, 0.29) is 28.7 Å². The van der Waals surface area contributed by atoms with Gasteiger partial charge in [0.25, 0.3) is 0 Å². The summed E-state index contributed by atoms with van der Waals surface area (Å²) in [7, 11) is 0. The van der Waals surface area contributed by atoms with Crippen LogP contribution in [-0.4, -0.2) is 28.5 Å². The van der Waals surface area contributed by atoms with Crippen LogP contribution in [0.1, 0.15) is 41.6 Å². The molecular weight excluding hydrogens is 518 g/mol. The summed E-state index contributed by atoms with van der Waals surface area (Å²) in [6, 6.07) is 9.56. The molecule has 1 aliphatic carbocycles. The van der Waals surface area contributed by atoms with Crippen LogP contribution in [0.4, 0.5) is 5.69 Å². The van der Waals surface area contributed by atoms with E-state index in [4.69, 9.17) is 58.0 Å². The van der Waals surface area contributed by atoms with Crippen LogP contribution in [0.15, 0.2) is 36.4 Å². The van der Waals surface area contributed by atoms with E-state index in [1.54, 1.807) is 24.3 Å². The summed E-state index contributed by atoms with van der Waals surface area (Å²) in [4.78, 5) is 36.3. The second kappa shape index (κ2) is 10.2. The zero-order chi connectivity index (χ0) is 23.6. The van der Waals surface area contributed by atoms with Gasteiger partial charge in [0.15, 0.2) is 5.78 Å². The van der Waals surface area contributed by atoms with Gasteiger partial charge in [0.05, 0.1) is 10.9 Å². The average molecular weight is 537 g/mol. The van der Waals surface area contributed by atoms with Crippen molar-refractivity contribution in [3.05, 3.63) is 62.6 Å². The van der Waals surface area contributed by atoms with Crippen LogP contribution in [0.25, 0.3) is 0 Å². The number of nitrogens with one attached hydrogen (secondary N) is 2. The first kappa shape index (κ1) is 25.1. The zero-order valence-electron chi connectivity index (χ0n) is 16.9. The van der Waals surface area contributed by atoms with Crippen molar-refractivity contribution in [2.45, 2.75) is 30.0 Å². The minimum absolute atomic E-state index is 0.159. The van der Waals surface area contributed by atoms with Gasteiger partial charge >= 0.3 is 0 Å². The number of rotatable bonds is 8. The molecular formula is C22H19Cl5N2O3. The Bertz CT molecular complexity index is 1050. The molecule has 10 heteroatoms. The molecule has 5 nitrogen and oxygen atoms in total. The normalized spacial score (nSPS) is 18.7. The lowest BCUT2D eigenvalue weighted by Gasteiger charge is -2.09. The molecule has 0 aliphatic heterocycles. The van der Waals surface area contributed by atoms with E-state index in [1.165, 1.54) is 19.1 Å². The number of carbonyl (C=O) groups is 3. The first-order valence-electron chi connectivity index (χ1n) is 9.72. The maximum absolute atomic E-state index is 12.9. The van der Waals surface area contributed by atoms with Gasteiger partial charge in [-0.25, -0.2) is 0 Å². The predicted octanol–water partition coefficient (Wildman–Crippen LogP) is 6.27. The van der Waals surface area contributed by atoms with Gasteiger partial charge in [-0.05, 0) is 48.4 Å². The number of benzene rings is 2. The molecule has 170 valence electrons. The van der Waals surface area contributed by atoms with Crippen molar-refractivity contribution in [3.8, 4) is 0 Å². The highest BCUT2D eigenvalue weighted by atomic mass is 35.5. The van der Waals surface area contributed by atoms with Crippen LogP contribution in [-0.2, 0) is 9.59 Å². The highest BCUT2D eigenvalue weighted by molar-refractivity contribution is 6.53. The molecule has 2 aromatic rings. The second-order valence-electron chi connectivity index (χ2n) is 7.53. The van der Waals surface area contributed by atoms with Crippen molar-refractivity contribution in [2.24, 2.45) is 5.92 Å². The van der Waals surface area contributed by atoms with Gasteiger partial charge in [-0.1, -0.05) is 34.8 Å². The Morgan fingerprint density at radius 2 is 1.66 bits per heavy atom. The van der Waals surface area contributed by atoms with Crippen molar-refractivity contribution in [3.63, 3.8) is 0 Å². The second-order valence-corrected chi connectivity index (χ2v) is 10.3. The van der Waals surface area contributed by atoms with Crippen LogP contribution in [0.2, 0.25) is 15.1 Å². The number of anilines is 1. The van der Waals surface area contributed by atoms with Crippen molar-refractivity contribution < 1.29 is 14.4 Å². The number of carbonyl (C=O) groups excluding carboxylic acids is 3. The maximum Gasteiger partial charge on any atom is 0.231 e. The highest BCUT2D eigenvalue weighted by Gasteiger charge is 2.67. The zero-order valence-corrected chi connectivity index (χ0v) is 20.6. The Kier molecular flexibility index (Phi) is 8.00. The number of halogens is 5. The third-order valence-corrected chi connectivity index (χ3v) is 6.78. The van der Waals surface area contributed by atoms with Crippen molar-refractivity contribution >= 4 is 81.3 Å². The first-order chi connectivity index (χ1) is 15.0. The minimum atomic E-state index is -1.31. The number of hydrogen-bond acceptors (Lipinski definition) is 3. The summed E-state index contributed by atoms with van der Waals surface area (Å²) in [5.74, 6) is -1.97. The van der Waals surface area contributed by atoms with Gasteiger partial charge in [-0.2, -0.15) is 0 Å². The van der Waals surface area contributed by atoms with Crippen LogP contribution in [0.5, 0.6) is 0 Å². The lowest BCUT2D eigenvalue weighted by atomic mass is 10.1. The molecule has 1 aliphatic rings. The van der Waals surface area contributed by atoms with Crippen LogP contribution in [0, 0.1) is 5.92 Å². The van der Waals surface area contributed by atoms with Gasteiger partial charge in [-0.3, -0.25) is 14.4 Å². The summed E-state index contributed by atoms with van der Waals surface area (Å²) >= 11 is 31.1. The van der Waals surface area contributed by atoms with E-state index in [0.717, 1.165) is 0 Å². The lowest BCUT2D eigenvalue weighted by Crippen LogP contribution is -2.21. The Labute approximate surface area is 210 Å². The third kappa shape index (κ3) is 5.89. The average Bonchev–Trinajstić information content (AvgIpc) is 3.28. The Morgan fingerprint density at radius 3 is 2.28 bits per heavy atom. The fraction of sp³-hybridized carbons (Fsp3) is 0.318. The van der Waals surface area contributed by atoms with E-state index in [9.17, 15) is 14.4 Å². The van der Waals surface area contributed by atoms with Crippen LogP contribution >= 0.6 is 58.0 Å². The molecule has 0 spiro atoms. The largest absolute Gasteiger partial charge is 0.356 e. The summed E-state index contributed by atoms with van der Waals surface area (Å²) in [6.45, 7) is 1.80. The topological polar surface area (TPSA) is 75.3 Å². The Hall–Kier alpha value is -1.50. The minimum Gasteiger partial charge on any atom is -0.356 e. The summed E-state index contributed by atoms with van der Waals surface area (Å²) in [5, 5.41) is 6.49. The standard InChI is InChI=1S/C22H19Cl5N2O3/c1-11(30)28-6-2-3-18(31)16-10-15(4-5-17(16)25)29-21(32)20-19(22(20,26)27)12-7-13(23)9-14(24)8-12/h4-5,7-10,19-20H,2-3,6H2,1H3,(H,28,30)(H,29,32). The smallest absolute Gasteiger partial charge is 0.231 e. The molecule has 3 rings (SSSR count). The number of alkyl halides is 2. The lowest BCUT2D eigenvalue weighted by molar-refractivity contribution is -0.119. The number of hydrogen-bond donors (Lipinski definition) is 2. The molecule has 2 N–H and O–H groups in total. The summed E-state index contributed by atoms with van der Waals surface area (Å²) in [6.07, 6.45) is 0.669. The maximum atomic E-state index is 12.9. The van der Waals surface area contributed by atoms with Gasteiger partial charge in [-0.15, -0.1) is 23.2 Å². The molecule has 0 saturated heterocycles.